The molecule has 94 valence electrons. The third kappa shape index (κ3) is 2.90. The Morgan fingerprint density at radius 1 is 1.00 bits per heavy atom. The van der Waals surface area contributed by atoms with Crippen LogP contribution in [0.15, 0.2) is 0 Å². The van der Waals surface area contributed by atoms with Crippen molar-refractivity contribution in [2.45, 2.75) is 26.7 Å². The van der Waals surface area contributed by atoms with E-state index in [0.717, 1.165) is 0 Å². The zero-order valence-electron chi connectivity index (χ0n) is 9.44. The van der Waals surface area contributed by atoms with Gasteiger partial charge in [0, 0.05) is 12.8 Å². The summed E-state index contributed by atoms with van der Waals surface area (Å²) in [5, 5.41) is 18.7. The smallest absolute Gasteiger partial charge is 0.311 e. The Bertz CT molecular complexity index is 398. The van der Waals surface area contributed by atoms with Crippen LogP contribution >= 0.6 is 0 Å². The van der Waals surface area contributed by atoms with E-state index >= 15 is 0 Å². The van der Waals surface area contributed by atoms with Gasteiger partial charge in [-0.1, -0.05) is 13.8 Å². The van der Waals surface area contributed by atoms with E-state index in [4.69, 9.17) is 9.47 Å². The molecule has 0 aliphatic carbocycles. The van der Waals surface area contributed by atoms with Crippen molar-refractivity contribution in [1.82, 2.24) is 4.98 Å². The van der Waals surface area contributed by atoms with Crippen molar-refractivity contribution in [2.75, 3.05) is 0 Å². The van der Waals surface area contributed by atoms with Crippen LogP contribution in [0.5, 0.6) is 23.3 Å². The number of nitrogens with one attached hydrogen (secondary N) is 1. The molecule has 0 amide bonds. The minimum atomic E-state index is -0.631. The minimum absolute atomic E-state index is 0.0759. The van der Waals surface area contributed by atoms with Gasteiger partial charge in [0.1, 0.15) is 0 Å². The van der Waals surface area contributed by atoms with E-state index < -0.39 is 35.2 Å². The number of rotatable bonds is 4. The summed E-state index contributed by atoms with van der Waals surface area (Å²) in [4.78, 5) is 24.3. The average Bonchev–Trinajstić information content (AvgIpc) is 2.55. The Kier molecular flexibility index (Phi) is 3.97. The zero-order valence-corrected chi connectivity index (χ0v) is 9.44. The first kappa shape index (κ1) is 12.9. The molecule has 0 saturated carbocycles. The molecule has 0 radical (unpaired) electrons. The highest BCUT2D eigenvalue weighted by molar-refractivity contribution is 5.78. The van der Waals surface area contributed by atoms with Gasteiger partial charge in [-0.25, -0.2) is 0 Å². The molecule has 0 saturated heterocycles. The number of ether oxygens (including phenoxy) is 2. The van der Waals surface area contributed by atoms with Gasteiger partial charge < -0.3 is 19.7 Å². The summed E-state index contributed by atoms with van der Waals surface area (Å²) in [5.41, 5.74) is 0. The summed E-state index contributed by atoms with van der Waals surface area (Å²) >= 11 is 0. The van der Waals surface area contributed by atoms with Gasteiger partial charge in [-0.3, -0.25) is 14.6 Å². The molecule has 0 fully saturated rings. The second-order valence-corrected chi connectivity index (χ2v) is 3.14. The van der Waals surface area contributed by atoms with Crippen LogP contribution in [0.3, 0.4) is 0 Å². The Morgan fingerprint density at radius 3 is 1.65 bits per heavy atom. The van der Waals surface area contributed by atoms with Crippen molar-refractivity contribution in [1.29, 1.82) is 0 Å². The molecule has 1 aromatic heterocycles. The van der Waals surface area contributed by atoms with Crippen molar-refractivity contribution >= 4 is 11.9 Å². The number of hydrogen-bond donors (Lipinski definition) is 3. The topological polar surface area (TPSA) is 109 Å². The molecule has 0 bridgehead atoms. The lowest BCUT2D eigenvalue weighted by Gasteiger charge is -2.05. The summed E-state index contributed by atoms with van der Waals surface area (Å²) in [6.07, 6.45) is 0.152. The maximum absolute atomic E-state index is 11.1. The monoisotopic (exact) mass is 243 g/mol. The maximum Gasteiger partial charge on any atom is 0.311 e. The van der Waals surface area contributed by atoms with E-state index in [1.165, 1.54) is 0 Å². The lowest BCUT2D eigenvalue weighted by Crippen LogP contribution is -2.09. The summed E-state index contributed by atoms with van der Waals surface area (Å²) in [6.45, 7) is 3.12. The second kappa shape index (κ2) is 5.24. The number of hydrogen-bond acceptors (Lipinski definition) is 6. The third-order valence-corrected chi connectivity index (χ3v) is 1.88. The van der Waals surface area contributed by atoms with E-state index in [1.807, 2.05) is 0 Å². The fraction of sp³-hybridized carbons (Fsp3) is 0.400. The number of aromatic amines is 1. The van der Waals surface area contributed by atoms with Crippen LogP contribution in [0.2, 0.25) is 0 Å². The molecule has 0 aliphatic heterocycles. The largest absolute Gasteiger partial charge is 0.492 e. The molecule has 1 aromatic rings. The summed E-state index contributed by atoms with van der Waals surface area (Å²) < 4.78 is 9.47. The van der Waals surface area contributed by atoms with Crippen LogP contribution in [-0.2, 0) is 9.59 Å². The van der Waals surface area contributed by atoms with Crippen molar-refractivity contribution < 1.29 is 29.3 Å². The molecule has 7 heteroatoms. The molecule has 7 nitrogen and oxygen atoms in total. The van der Waals surface area contributed by atoms with E-state index in [9.17, 15) is 19.8 Å². The predicted molar refractivity (Wildman–Crippen MR) is 56.0 cm³/mol. The van der Waals surface area contributed by atoms with Crippen LogP contribution in [0.4, 0.5) is 0 Å². The summed E-state index contributed by atoms with van der Waals surface area (Å²) in [7, 11) is 0. The first-order chi connectivity index (χ1) is 7.99. The fourth-order valence-electron chi connectivity index (χ4n) is 1.00. The van der Waals surface area contributed by atoms with Crippen molar-refractivity contribution in [3.05, 3.63) is 0 Å². The van der Waals surface area contributed by atoms with Gasteiger partial charge in [-0.15, -0.1) is 0 Å². The van der Waals surface area contributed by atoms with Gasteiger partial charge in [0.15, 0.2) is 0 Å². The van der Waals surface area contributed by atoms with Crippen LogP contribution in [-0.4, -0.2) is 27.1 Å². The van der Waals surface area contributed by atoms with Crippen LogP contribution in [0.1, 0.15) is 26.7 Å². The number of carbonyl (C=O) groups is 2. The summed E-state index contributed by atoms with van der Waals surface area (Å²) in [5.74, 6) is -3.21. The molecule has 1 rings (SSSR count). The summed E-state index contributed by atoms with van der Waals surface area (Å²) in [6, 6.07) is 0. The molecule has 0 aliphatic rings. The molecule has 1 heterocycles. The van der Waals surface area contributed by atoms with Gasteiger partial charge >= 0.3 is 11.9 Å². The Morgan fingerprint density at radius 2 is 1.35 bits per heavy atom. The van der Waals surface area contributed by atoms with Crippen molar-refractivity contribution in [3.8, 4) is 23.3 Å². The molecule has 0 atom stereocenters. The number of esters is 2. The van der Waals surface area contributed by atoms with E-state index in [-0.39, 0.29) is 12.8 Å². The highest BCUT2D eigenvalue weighted by Gasteiger charge is 2.24. The highest BCUT2D eigenvalue weighted by atomic mass is 16.6. The van der Waals surface area contributed by atoms with Crippen LogP contribution in [0, 0.1) is 0 Å². The molecular weight excluding hydrogens is 230 g/mol. The molecule has 17 heavy (non-hydrogen) atoms. The number of aromatic hydroxyl groups is 2. The number of H-pyrrole nitrogens is 1. The fourth-order valence-corrected chi connectivity index (χ4v) is 1.00. The molecule has 3 N–H and O–H groups in total. The molecule has 0 aromatic carbocycles. The van der Waals surface area contributed by atoms with Gasteiger partial charge in [-0.2, -0.15) is 0 Å². The minimum Gasteiger partial charge on any atom is -0.492 e. The molecular formula is C10H13NO6. The number of carbonyl (C=O) groups excluding carboxylic acids is 2. The lowest BCUT2D eigenvalue weighted by atomic mass is 10.4. The van der Waals surface area contributed by atoms with Gasteiger partial charge in [-0.05, 0) is 0 Å². The first-order valence-corrected chi connectivity index (χ1v) is 5.04. The normalized spacial score (nSPS) is 10.0. The highest BCUT2D eigenvalue weighted by Crippen LogP contribution is 2.44. The SMILES string of the molecule is CCC(=O)Oc1c(O)[nH]c(O)c1OC(=O)CC. The van der Waals surface area contributed by atoms with Gasteiger partial charge in [0.2, 0.25) is 23.3 Å². The van der Waals surface area contributed by atoms with Crippen LogP contribution < -0.4 is 9.47 Å². The van der Waals surface area contributed by atoms with Crippen molar-refractivity contribution in [2.24, 2.45) is 0 Å². The quantitative estimate of drug-likeness (QED) is 0.682. The van der Waals surface area contributed by atoms with Gasteiger partial charge in [0.25, 0.3) is 0 Å². The van der Waals surface area contributed by atoms with Crippen LogP contribution in [0.25, 0.3) is 0 Å². The lowest BCUT2D eigenvalue weighted by molar-refractivity contribution is -0.136. The average molecular weight is 243 g/mol. The zero-order chi connectivity index (χ0) is 13.0. The third-order valence-electron chi connectivity index (χ3n) is 1.88. The Labute approximate surface area is 97.0 Å². The number of aromatic nitrogens is 1. The van der Waals surface area contributed by atoms with E-state index in [2.05, 4.69) is 4.98 Å². The second-order valence-electron chi connectivity index (χ2n) is 3.14. The molecule has 0 spiro atoms. The standard InChI is InChI=1S/C10H13NO6/c1-3-5(12)16-7-8(17-6(13)4-2)10(15)11-9(7)14/h11,14-15H,3-4H2,1-2H3. The Hall–Kier alpha value is -2.18. The Balaban J connectivity index is 3.01. The van der Waals surface area contributed by atoms with E-state index in [1.54, 1.807) is 13.8 Å². The maximum atomic E-state index is 11.1. The van der Waals surface area contributed by atoms with Crippen molar-refractivity contribution in [3.63, 3.8) is 0 Å². The van der Waals surface area contributed by atoms with E-state index in [0.29, 0.717) is 0 Å². The molecule has 0 unspecified atom stereocenters. The first-order valence-electron chi connectivity index (χ1n) is 5.04. The predicted octanol–water partition coefficient (Wildman–Crippen LogP) is 1.06. The van der Waals surface area contributed by atoms with Gasteiger partial charge in [0.05, 0.1) is 0 Å².